The van der Waals surface area contributed by atoms with Crippen molar-refractivity contribution < 1.29 is 0 Å². The van der Waals surface area contributed by atoms with E-state index in [2.05, 4.69) is 244 Å². The molecule has 9 rings (SSSR count). The van der Waals surface area contributed by atoms with E-state index in [1.165, 1.54) is 55.9 Å². The zero-order valence-electron chi connectivity index (χ0n) is 33.0. The Labute approximate surface area is 337 Å². The van der Waals surface area contributed by atoms with Gasteiger partial charge in [-0.05, 0) is 142 Å². The summed E-state index contributed by atoms with van der Waals surface area (Å²) in [4.78, 5) is 4.69. The summed E-state index contributed by atoms with van der Waals surface area (Å²) in [6.07, 6.45) is 4.40. The van der Waals surface area contributed by atoms with Gasteiger partial charge in [-0.15, -0.1) is 0 Å². The van der Waals surface area contributed by atoms with Gasteiger partial charge in [0.15, 0.2) is 0 Å². The highest BCUT2D eigenvalue weighted by atomic mass is 15.1. The molecule has 1 aliphatic carbocycles. The van der Waals surface area contributed by atoms with Gasteiger partial charge in [0, 0.05) is 39.5 Å². The fourth-order valence-electron chi connectivity index (χ4n) is 8.48. The van der Waals surface area contributed by atoms with Crippen LogP contribution in [-0.4, -0.2) is 0 Å². The summed E-state index contributed by atoms with van der Waals surface area (Å²) in [5.74, 6) is 0. The minimum atomic E-state index is -0.0688. The molecule has 0 spiro atoms. The van der Waals surface area contributed by atoms with Crippen LogP contribution in [0.3, 0.4) is 0 Å². The number of nitrogens with zero attached hydrogens (tertiary/aromatic N) is 2. The van der Waals surface area contributed by atoms with Gasteiger partial charge in [0.1, 0.15) is 0 Å². The standard InChI is InChI=1S/C55H46N2/c1-39-35-40(2)37-50(36-39)57(49-33-34-52-51-17-11-12-18-53(51)55(3,4)54(52)38-49)47-29-23-42(24-30-47)20-19-41-21-25-43(26-22-41)44-27-31-48(32-28-44)56(45-13-7-5-8-14-45)46-15-9-6-10-16-46/h5-38H,1-4H3. The minimum absolute atomic E-state index is 0.0688. The van der Waals surface area contributed by atoms with E-state index in [4.69, 9.17) is 0 Å². The number of benzene rings is 8. The Morgan fingerprint density at radius 3 is 1.35 bits per heavy atom. The summed E-state index contributed by atoms with van der Waals surface area (Å²) in [7, 11) is 0. The molecule has 2 heteroatoms. The normalized spacial score (nSPS) is 12.6. The van der Waals surface area contributed by atoms with Gasteiger partial charge in [-0.1, -0.05) is 147 Å². The smallest absolute Gasteiger partial charge is 0.0466 e. The van der Waals surface area contributed by atoms with Crippen LogP contribution in [0, 0.1) is 13.8 Å². The molecule has 0 heterocycles. The van der Waals surface area contributed by atoms with Gasteiger partial charge in [0.2, 0.25) is 0 Å². The van der Waals surface area contributed by atoms with Crippen molar-refractivity contribution in [3.63, 3.8) is 0 Å². The van der Waals surface area contributed by atoms with E-state index in [9.17, 15) is 0 Å². The number of rotatable bonds is 9. The lowest BCUT2D eigenvalue weighted by molar-refractivity contribution is 0.660. The largest absolute Gasteiger partial charge is 0.311 e. The molecule has 8 aromatic carbocycles. The van der Waals surface area contributed by atoms with Crippen LogP contribution in [0.15, 0.2) is 194 Å². The summed E-state index contributed by atoms with van der Waals surface area (Å²) < 4.78 is 0. The number of fused-ring (bicyclic) bond motifs is 3. The van der Waals surface area contributed by atoms with Crippen molar-refractivity contribution in [3.8, 4) is 22.3 Å². The fraction of sp³-hybridized carbons (Fsp3) is 0.0909. The summed E-state index contributed by atoms with van der Waals surface area (Å²) in [6, 6.07) is 70.3. The second kappa shape index (κ2) is 15.0. The van der Waals surface area contributed by atoms with Gasteiger partial charge < -0.3 is 9.80 Å². The average molecular weight is 735 g/mol. The monoisotopic (exact) mass is 734 g/mol. The molecule has 0 aliphatic heterocycles. The van der Waals surface area contributed by atoms with Gasteiger partial charge in [-0.3, -0.25) is 0 Å². The molecule has 2 nitrogen and oxygen atoms in total. The van der Waals surface area contributed by atoms with Crippen LogP contribution in [0.5, 0.6) is 0 Å². The van der Waals surface area contributed by atoms with E-state index < -0.39 is 0 Å². The quantitative estimate of drug-likeness (QED) is 0.136. The van der Waals surface area contributed by atoms with Crippen molar-refractivity contribution in [2.24, 2.45) is 0 Å². The Bertz CT molecular complexity index is 2630. The Morgan fingerprint density at radius 1 is 0.351 bits per heavy atom. The number of anilines is 6. The van der Waals surface area contributed by atoms with Crippen molar-refractivity contribution in [2.75, 3.05) is 9.80 Å². The van der Waals surface area contributed by atoms with Crippen LogP contribution in [0.4, 0.5) is 34.1 Å². The van der Waals surface area contributed by atoms with Crippen molar-refractivity contribution in [1.29, 1.82) is 0 Å². The SMILES string of the molecule is Cc1cc(C)cc(N(c2ccc(C=Cc3ccc(-c4ccc(N(c5ccccc5)c5ccccc5)cc4)cc3)cc2)c2ccc3c(c2)C(C)(C)c2ccccc2-3)c1. The number of hydrogen-bond donors (Lipinski definition) is 0. The molecule has 1 aliphatic rings. The maximum atomic E-state index is 2.41. The van der Waals surface area contributed by atoms with Crippen molar-refractivity contribution in [3.05, 3.63) is 228 Å². The highest BCUT2D eigenvalue weighted by molar-refractivity contribution is 5.86. The van der Waals surface area contributed by atoms with Crippen LogP contribution in [0.1, 0.15) is 47.2 Å². The topological polar surface area (TPSA) is 6.48 Å². The van der Waals surface area contributed by atoms with Crippen molar-refractivity contribution in [1.82, 2.24) is 0 Å². The average Bonchev–Trinajstić information content (AvgIpc) is 3.47. The lowest BCUT2D eigenvalue weighted by Crippen LogP contribution is -2.16. The molecule has 0 radical (unpaired) electrons. The molecule has 276 valence electrons. The van der Waals surface area contributed by atoms with Gasteiger partial charge in [0.05, 0.1) is 0 Å². The molecule has 0 saturated carbocycles. The second-order valence-electron chi connectivity index (χ2n) is 15.7. The molecule has 8 aromatic rings. The molecule has 0 atom stereocenters. The van der Waals surface area contributed by atoms with E-state index in [-0.39, 0.29) is 5.41 Å². The summed E-state index contributed by atoms with van der Waals surface area (Å²) in [6.45, 7) is 9.06. The van der Waals surface area contributed by atoms with E-state index in [0.717, 1.165) is 33.9 Å². The van der Waals surface area contributed by atoms with Gasteiger partial charge >= 0.3 is 0 Å². The van der Waals surface area contributed by atoms with Crippen LogP contribution < -0.4 is 9.80 Å². The molecule has 0 aromatic heterocycles. The molecule has 57 heavy (non-hydrogen) atoms. The maximum absolute atomic E-state index is 2.41. The van der Waals surface area contributed by atoms with E-state index >= 15 is 0 Å². The van der Waals surface area contributed by atoms with E-state index in [1.807, 2.05) is 0 Å². The first-order chi connectivity index (χ1) is 27.8. The Morgan fingerprint density at radius 2 is 0.772 bits per heavy atom. The third kappa shape index (κ3) is 7.07. The van der Waals surface area contributed by atoms with Crippen LogP contribution >= 0.6 is 0 Å². The summed E-state index contributed by atoms with van der Waals surface area (Å²) in [5.41, 5.74) is 19.5. The highest BCUT2D eigenvalue weighted by Crippen LogP contribution is 2.50. The van der Waals surface area contributed by atoms with Crippen LogP contribution in [-0.2, 0) is 5.41 Å². The van der Waals surface area contributed by atoms with E-state index in [1.54, 1.807) is 0 Å². The predicted molar refractivity (Wildman–Crippen MR) is 244 cm³/mol. The number of para-hydroxylation sites is 2. The first-order valence-electron chi connectivity index (χ1n) is 19.8. The van der Waals surface area contributed by atoms with Gasteiger partial charge in [-0.2, -0.15) is 0 Å². The molecule has 0 fully saturated rings. The van der Waals surface area contributed by atoms with E-state index in [0.29, 0.717) is 0 Å². The predicted octanol–water partition coefficient (Wildman–Crippen LogP) is 15.4. The first-order valence-corrected chi connectivity index (χ1v) is 19.8. The maximum Gasteiger partial charge on any atom is 0.0466 e. The molecule has 0 saturated heterocycles. The third-order valence-electron chi connectivity index (χ3n) is 11.3. The van der Waals surface area contributed by atoms with Crippen molar-refractivity contribution in [2.45, 2.75) is 33.1 Å². The Kier molecular flexibility index (Phi) is 9.40. The summed E-state index contributed by atoms with van der Waals surface area (Å²) in [5, 5.41) is 0. The molecular weight excluding hydrogens is 689 g/mol. The van der Waals surface area contributed by atoms with Crippen molar-refractivity contribution >= 4 is 46.3 Å². The molecule has 0 unspecified atom stereocenters. The molecular formula is C55H46N2. The summed E-state index contributed by atoms with van der Waals surface area (Å²) >= 11 is 0. The van der Waals surface area contributed by atoms with Gasteiger partial charge in [-0.25, -0.2) is 0 Å². The minimum Gasteiger partial charge on any atom is -0.311 e. The third-order valence-corrected chi connectivity index (χ3v) is 11.3. The van der Waals surface area contributed by atoms with Gasteiger partial charge in [0.25, 0.3) is 0 Å². The highest BCUT2D eigenvalue weighted by Gasteiger charge is 2.35. The lowest BCUT2D eigenvalue weighted by atomic mass is 9.82. The second-order valence-corrected chi connectivity index (χ2v) is 15.7. The molecule has 0 amide bonds. The lowest BCUT2D eigenvalue weighted by Gasteiger charge is -2.28. The zero-order valence-corrected chi connectivity index (χ0v) is 33.0. The molecule has 0 bridgehead atoms. The van der Waals surface area contributed by atoms with Crippen LogP contribution in [0.2, 0.25) is 0 Å². The Hall–Kier alpha value is -6.90. The zero-order chi connectivity index (χ0) is 38.9. The molecule has 0 N–H and O–H groups in total. The van der Waals surface area contributed by atoms with Crippen LogP contribution in [0.25, 0.3) is 34.4 Å². The Balaban J connectivity index is 0.950. The fourth-order valence-corrected chi connectivity index (χ4v) is 8.48. The number of aryl methyl sites for hydroxylation is 2. The first kappa shape index (κ1) is 35.8. The number of hydrogen-bond acceptors (Lipinski definition) is 2.